The molecular formula is C17H19NO2S. The molecular weight excluding hydrogens is 282 g/mol. The minimum Gasteiger partial charge on any atom is -0.380 e. The minimum absolute atomic E-state index is 0.103. The van der Waals surface area contributed by atoms with Crippen molar-refractivity contribution in [2.24, 2.45) is 0 Å². The summed E-state index contributed by atoms with van der Waals surface area (Å²) < 4.78 is 5.14. The van der Waals surface area contributed by atoms with E-state index in [4.69, 9.17) is 4.74 Å². The number of anilines is 1. The predicted octanol–water partition coefficient (Wildman–Crippen LogP) is 3.95. The van der Waals surface area contributed by atoms with Crippen LogP contribution >= 0.6 is 11.8 Å². The molecule has 0 aliphatic heterocycles. The summed E-state index contributed by atoms with van der Waals surface area (Å²) in [4.78, 5) is 12.3. The monoisotopic (exact) mass is 301 g/mol. The molecule has 0 heterocycles. The number of benzene rings is 2. The van der Waals surface area contributed by atoms with E-state index in [1.807, 2.05) is 48.5 Å². The zero-order chi connectivity index (χ0) is 15.1. The van der Waals surface area contributed by atoms with Crippen molar-refractivity contribution in [3.05, 3.63) is 65.2 Å². The molecule has 0 spiro atoms. The van der Waals surface area contributed by atoms with E-state index in [1.165, 1.54) is 5.56 Å². The van der Waals surface area contributed by atoms with Crippen LogP contribution in [-0.2, 0) is 17.1 Å². The van der Waals surface area contributed by atoms with Gasteiger partial charge in [-0.1, -0.05) is 30.3 Å². The number of carbonyl (C=O) groups excluding carboxylic acids is 1. The van der Waals surface area contributed by atoms with Gasteiger partial charge in [0, 0.05) is 29.7 Å². The quantitative estimate of drug-likeness (QED) is 0.878. The highest BCUT2D eigenvalue weighted by Gasteiger charge is 2.08. The van der Waals surface area contributed by atoms with Crippen LogP contribution in [0.5, 0.6) is 0 Å². The second kappa shape index (κ2) is 7.86. The SMILES string of the molecule is COCc1ccccc1NC(=O)c1ccc(CSC)cc1. The highest BCUT2D eigenvalue weighted by molar-refractivity contribution is 7.97. The van der Waals surface area contributed by atoms with Crippen molar-refractivity contribution < 1.29 is 9.53 Å². The van der Waals surface area contributed by atoms with Gasteiger partial charge in [-0.3, -0.25) is 4.79 Å². The van der Waals surface area contributed by atoms with Crippen LogP contribution in [0.15, 0.2) is 48.5 Å². The van der Waals surface area contributed by atoms with Crippen LogP contribution in [0.25, 0.3) is 0 Å². The van der Waals surface area contributed by atoms with Gasteiger partial charge in [0.1, 0.15) is 0 Å². The zero-order valence-electron chi connectivity index (χ0n) is 12.3. The summed E-state index contributed by atoms with van der Waals surface area (Å²) in [7, 11) is 1.64. The van der Waals surface area contributed by atoms with E-state index >= 15 is 0 Å². The normalized spacial score (nSPS) is 10.4. The lowest BCUT2D eigenvalue weighted by Gasteiger charge is -2.10. The van der Waals surface area contributed by atoms with E-state index in [0.29, 0.717) is 12.2 Å². The van der Waals surface area contributed by atoms with Crippen molar-refractivity contribution in [3.63, 3.8) is 0 Å². The molecule has 0 atom stereocenters. The fourth-order valence-corrected chi connectivity index (χ4v) is 2.56. The van der Waals surface area contributed by atoms with Crippen molar-refractivity contribution in [2.75, 3.05) is 18.7 Å². The minimum atomic E-state index is -0.103. The summed E-state index contributed by atoms with van der Waals surface area (Å²) in [5, 5.41) is 2.94. The average Bonchev–Trinajstić information content (AvgIpc) is 2.50. The largest absolute Gasteiger partial charge is 0.380 e. The highest BCUT2D eigenvalue weighted by Crippen LogP contribution is 2.17. The second-order valence-electron chi connectivity index (χ2n) is 4.67. The van der Waals surface area contributed by atoms with Gasteiger partial charge >= 0.3 is 0 Å². The summed E-state index contributed by atoms with van der Waals surface area (Å²) >= 11 is 1.76. The van der Waals surface area contributed by atoms with Crippen LogP contribution in [0.2, 0.25) is 0 Å². The number of para-hydroxylation sites is 1. The van der Waals surface area contributed by atoms with E-state index in [2.05, 4.69) is 11.6 Å². The summed E-state index contributed by atoms with van der Waals surface area (Å²) in [5.74, 6) is 0.854. The van der Waals surface area contributed by atoms with E-state index in [9.17, 15) is 4.79 Å². The lowest BCUT2D eigenvalue weighted by molar-refractivity contribution is 0.102. The number of hydrogen-bond donors (Lipinski definition) is 1. The lowest BCUT2D eigenvalue weighted by atomic mass is 10.1. The number of amides is 1. The molecule has 0 bridgehead atoms. The molecule has 0 radical (unpaired) electrons. The average molecular weight is 301 g/mol. The predicted molar refractivity (Wildman–Crippen MR) is 88.8 cm³/mol. The third kappa shape index (κ3) is 4.34. The number of hydrogen-bond acceptors (Lipinski definition) is 3. The fraction of sp³-hybridized carbons (Fsp3) is 0.235. The van der Waals surface area contributed by atoms with Crippen molar-refractivity contribution in [1.29, 1.82) is 0 Å². The number of ether oxygens (including phenoxy) is 1. The third-order valence-corrected chi connectivity index (χ3v) is 3.71. The molecule has 2 rings (SSSR count). The summed E-state index contributed by atoms with van der Waals surface area (Å²) in [6.45, 7) is 0.475. The Morgan fingerprint density at radius 3 is 2.52 bits per heavy atom. The first-order chi connectivity index (χ1) is 10.2. The second-order valence-corrected chi connectivity index (χ2v) is 5.54. The van der Waals surface area contributed by atoms with E-state index < -0.39 is 0 Å². The van der Waals surface area contributed by atoms with Crippen molar-refractivity contribution >= 4 is 23.4 Å². The molecule has 0 aliphatic rings. The standard InChI is InChI=1S/C17H19NO2S/c1-20-11-15-5-3-4-6-16(15)18-17(19)14-9-7-13(8-10-14)12-21-2/h3-10H,11-12H2,1-2H3,(H,18,19). The van der Waals surface area contributed by atoms with Gasteiger partial charge in [-0.2, -0.15) is 11.8 Å². The van der Waals surface area contributed by atoms with Gasteiger partial charge in [0.25, 0.3) is 5.91 Å². The van der Waals surface area contributed by atoms with Crippen LogP contribution in [0.1, 0.15) is 21.5 Å². The van der Waals surface area contributed by atoms with Crippen molar-refractivity contribution in [3.8, 4) is 0 Å². The maximum Gasteiger partial charge on any atom is 0.255 e. The first kappa shape index (κ1) is 15.6. The van der Waals surface area contributed by atoms with Gasteiger partial charge in [0.2, 0.25) is 0 Å². The Kier molecular flexibility index (Phi) is 5.84. The molecule has 3 nitrogen and oxygen atoms in total. The molecule has 0 saturated carbocycles. The smallest absolute Gasteiger partial charge is 0.255 e. The number of carbonyl (C=O) groups is 1. The molecule has 0 aliphatic carbocycles. The summed E-state index contributed by atoms with van der Waals surface area (Å²) in [6.07, 6.45) is 2.06. The Bertz CT molecular complexity index is 596. The maximum absolute atomic E-state index is 12.3. The van der Waals surface area contributed by atoms with Gasteiger partial charge in [0.15, 0.2) is 0 Å². The summed E-state index contributed by atoms with van der Waals surface area (Å²) in [6, 6.07) is 15.4. The van der Waals surface area contributed by atoms with Gasteiger partial charge in [-0.25, -0.2) is 0 Å². The van der Waals surface area contributed by atoms with Crippen LogP contribution < -0.4 is 5.32 Å². The first-order valence-corrected chi connectivity index (χ1v) is 8.10. The fourth-order valence-electron chi connectivity index (χ4n) is 2.04. The van der Waals surface area contributed by atoms with Crippen LogP contribution in [0.3, 0.4) is 0 Å². The molecule has 110 valence electrons. The van der Waals surface area contributed by atoms with Gasteiger partial charge in [-0.05, 0) is 30.0 Å². The van der Waals surface area contributed by atoms with Crippen molar-refractivity contribution in [1.82, 2.24) is 0 Å². The van der Waals surface area contributed by atoms with Crippen LogP contribution in [0, 0.1) is 0 Å². The Hall–Kier alpha value is -1.78. The number of thioether (sulfide) groups is 1. The lowest BCUT2D eigenvalue weighted by Crippen LogP contribution is -2.13. The Morgan fingerprint density at radius 2 is 1.86 bits per heavy atom. The van der Waals surface area contributed by atoms with E-state index in [1.54, 1.807) is 18.9 Å². The van der Waals surface area contributed by atoms with Crippen molar-refractivity contribution in [2.45, 2.75) is 12.4 Å². The molecule has 4 heteroatoms. The molecule has 0 unspecified atom stereocenters. The van der Waals surface area contributed by atoms with Crippen LogP contribution in [-0.4, -0.2) is 19.3 Å². The maximum atomic E-state index is 12.3. The molecule has 0 saturated heterocycles. The van der Waals surface area contributed by atoms with Gasteiger partial charge < -0.3 is 10.1 Å². The Balaban J connectivity index is 2.10. The third-order valence-electron chi connectivity index (χ3n) is 3.09. The van der Waals surface area contributed by atoms with Crippen LogP contribution in [0.4, 0.5) is 5.69 Å². The molecule has 0 aromatic heterocycles. The van der Waals surface area contributed by atoms with Gasteiger partial charge in [-0.15, -0.1) is 0 Å². The Morgan fingerprint density at radius 1 is 1.14 bits per heavy atom. The molecule has 21 heavy (non-hydrogen) atoms. The molecule has 1 N–H and O–H groups in total. The molecule has 1 amide bonds. The Labute approximate surface area is 129 Å². The first-order valence-electron chi connectivity index (χ1n) is 6.70. The zero-order valence-corrected chi connectivity index (χ0v) is 13.1. The van der Waals surface area contributed by atoms with Gasteiger partial charge in [0.05, 0.1) is 6.61 Å². The topological polar surface area (TPSA) is 38.3 Å². The summed E-state index contributed by atoms with van der Waals surface area (Å²) in [5.41, 5.74) is 3.63. The number of rotatable bonds is 6. The molecule has 2 aromatic rings. The number of methoxy groups -OCH3 is 1. The molecule has 0 fully saturated rings. The van der Waals surface area contributed by atoms with E-state index in [0.717, 1.165) is 17.0 Å². The highest BCUT2D eigenvalue weighted by atomic mass is 32.2. The van der Waals surface area contributed by atoms with E-state index in [-0.39, 0.29) is 5.91 Å². The molecule has 2 aromatic carbocycles. The number of nitrogens with one attached hydrogen (secondary N) is 1.